The largest absolute Gasteiger partial charge is 0.338 e. The highest BCUT2D eigenvalue weighted by atomic mass is 35.5. The fourth-order valence-corrected chi connectivity index (χ4v) is 4.87. The molecule has 0 amide bonds. The molecule has 0 fully saturated rings. The van der Waals surface area contributed by atoms with Crippen molar-refractivity contribution in [3.63, 3.8) is 0 Å². The molecule has 6 heteroatoms. The highest BCUT2D eigenvalue weighted by Gasteiger charge is 2.19. The number of pyridine rings is 1. The predicted octanol–water partition coefficient (Wildman–Crippen LogP) is 5.80. The van der Waals surface area contributed by atoms with Crippen molar-refractivity contribution >= 4 is 33.3 Å². The van der Waals surface area contributed by atoms with Crippen LogP contribution in [0.5, 0.6) is 0 Å². The summed E-state index contributed by atoms with van der Waals surface area (Å²) in [5.41, 5.74) is 5.01. The minimum Gasteiger partial charge on any atom is -0.338 e. The highest BCUT2D eigenvalue weighted by Crippen LogP contribution is 2.30. The van der Waals surface area contributed by atoms with Crippen LogP contribution in [-0.2, 0) is 23.1 Å². The van der Waals surface area contributed by atoms with Gasteiger partial charge in [-0.05, 0) is 60.9 Å². The van der Waals surface area contributed by atoms with Gasteiger partial charge in [0.05, 0.1) is 22.1 Å². The Hall–Kier alpha value is -2.50. The van der Waals surface area contributed by atoms with Crippen LogP contribution in [0.3, 0.4) is 0 Å². The summed E-state index contributed by atoms with van der Waals surface area (Å²) in [7, 11) is -1.32. The molecule has 2 heterocycles. The Morgan fingerprint density at radius 3 is 2.34 bits per heavy atom. The fraction of sp³-hybridized carbons (Fsp3) is 0.174. The second kappa shape index (κ2) is 8.09. The summed E-state index contributed by atoms with van der Waals surface area (Å²) in [6, 6.07) is 15.8. The molecule has 1 atom stereocenters. The summed E-state index contributed by atoms with van der Waals surface area (Å²) < 4.78 is 28.7. The first-order valence-electron chi connectivity index (χ1n) is 9.25. The monoisotopic (exact) mass is 426 g/mol. The van der Waals surface area contributed by atoms with E-state index in [0.717, 1.165) is 33.3 Å². The van der Waals surface area contributed by atoms with Gasteiger partial charge in [0.1, 0.15) is 5.82 Å². The molecule has 0 aliphatic rings. The molecule has 4 rings (SSSR count). The first-order valence-corrected chi connectivity index (χ1v) is 11.0. The number of rotatable bonds is 5. The van der Waals surface area contributed by atoms with Gasteiger partial charge in [0.25, 0.3) is 0 Å². The number of hydrogen-bond donors (Lipinski definition) is 0. The molecule has 29 heavy (non-hydrogen) atoms. The van der Waals surface area contributed by atoms with E-state index in [0.29, 0.717) is 22.3 Å². The van der Waals surface area contributed by atoms with Crippen molar-refractivity contribution in [1.82, 2.24) is 9.55 Å². The van der Waals surface area contributed by atoms with Crippen LogP contribution in [0.15, 0.2) is 65.8 Å². The van der Waals surface area contributed by atoms with Crippen molar-refractivity contribution in [2.24, 2.45) is 0 Å². The Morgan fingerprint density at radius 1 is 1.00 bits per heavy atom. The van der Waals surface area contributed by atoms with Gasteiger partial charge in [-0.15, -0.1) is 0 Å². The number of fused-ring (bicyclic) bond motifs is 1. The standard InChI is InChI=1S/C23H20ClFN2OS/c1-15-16(2)27(13-17-5-9-20(25)10-6-17)22-21(15)11-12-26-23(22)29(28)14-18-3-7-19(24)8-4-18/h3-12H,13-14H2,1-2H3. The third-order valence-electron chi connectivity index (χ3n) is 5.19. The highest BCUT2D eigenvalue weighted by molar-refractivity contribution is 7.84. The molecule has 4 aromatic rings. The molecule has 0 saturated carbocycles. The summed E-state index contributed by atoms with van der Waals surface area (Å²) >= 11 is 5.96. The SMILES string of the molecule is Cc1c(C)n(Cc2ccc(F)cc2)c2c(S(=O)Cc3ccc(Cl)cc3)nccc12. The van der Waals surface area contributed by atoms with Crippen LogP contribution in [0, 0.1) is 19.7 Å². The molecular formula is C23H20ClFN2OS. The van der Waals surface area contributed by atoms with E-state index >= 15 is 0 Å². The summed E-state index contributed by atoms with van der Waals surface area (Å²) in [6.45, 7) is 4.67. The molecule has 0 radical (unpaired) electrons. The molecule has 148 valence electrons. The van der Waals surface area contributed by atoms with Crippen LogP contribution in [0.25, 0.3) is 10.9 Å². The Morgan fingerprint density at radius 2 is 1.66 bits per heavy atom. The van der Waals surface area contributed by atoms with E-state index in [2.05, 4.69) is 16.5 Å². The van der Waals surface area contributed by atoms with Gasteiger partial charge < -0.3 is 4.57 Å². The fourth-order valence-electron chi connectivity index (χ4n) is 3.50. The van der Waals surface area contributed by atoms with Gasteiger partial charge in [0, 0.05) is 28.8 Å². The third-order valence-corrected chi connectivity index (χ3v) is 6.77. The number of aryl methyl sites for hydroxylation is 1. The van der Waals surface area contributed by atoms with Gasteiger partial charge in [-0.25, -0.2) is 9.37 Å². The Bertz CT molecular complexity index is 1200. The smallest absolute Gasteiger partial charge is 0.151 e. The van der Waals surface area contributed by atoms with Gasteiger partial charge >= 0.3 is 0 Å². The summed E-state index contributed by atoms with van der Waals surface area (Å²) in [4.78, 5) is 4.48. The minimum absolute atomic E-state index is 0.259. The lowest BCUT2D eigenvalue weighted by Gasteiger charge is -2.11. The van der Waals surface area contributed by atoms with Gasteiger partial charge in [-0.3, -0.25) is 4.21 Å². The van der Waals surface area contributed by atoms with E-state index < -0.39 is 10.8 Å². The summed E-state index contributed by atoms with van der Waals surface area (Å²) in [6.07, 6.45) is 1.71. The van der Waals surface area contributed by atoms with Crippen molar-refractivity contribution in [2.75, 3.05) is 0 Å². The Kier molecular flexibility index (Phi) is 5.52. The minimum atomic E-state index is -1.32. The molecule has 0 saturated heterocycles. The number of halogens is 2. The van der Waals surface area contributed by atoms with Gasteiger partial charge in [-0.1, -0.05) is 35.9 Å². The quantitative estimate of drug-likeness (QED) is 0.404. The van der Waals surface area contributed by atoms with Crippen molar-refractivity contribution in [1.29, 1.82) is 0 Å². The predicted molar refractivity (Wildman–Crippen MR) is 116 cm³/mol. The molecule has 2 aromatic carbocycles. The van der Waals surface area contributed by atoms with Crippen molar-refractivity contribution in [2.45, 2.75) is 31.2 Å². The van der Waals surface area contributed by atoms with Gasteiger partial charge in [0.2, 0.25) is 0 Å². The molecule has 0 spiro atoms. The first kappa shape index (κ1) is 19.8. The lowest BCUT2D eigenvalue weighted by atomic mass is 10.2. The number of nitrogens with zero attached hydrogens (tertiary/aromatic N) is 2. The summed E-state index contributed by atoms with van der Waals surface area (Å²) in [5.74, 6) is 0.105. The van der Waals surface area contributed by atoms with E-state index in [4.69, 9.17) is 11.6 Å². The maximum absolute atomic E-state index is 13.3. The normalized spacial score (nSPS) is 12.4. The number of hydrogen-bond acceptors (Lipinski definition) is 2. The number of aromatic nitrogens is 2. The molecule has 0 bridgehead atoms. The van der Waals surface area contributed by atoms with Crippen molar-refractivity contribution < 1.29 is 8.60 Å². The number of benzene rings is 2. The van der Waals surface area contributed by atoms with Crippen LogP contribution in [0.4, 0.5) is 4.39 Å². The molecule has 1 unspecified atom stereocenters. The van der Waals surface area contributed by atoms with E-state index in [-0.39, 0.29) is 5.82 Å². The second-order valence-corrected chi connectivity index (χ2v) is 8.85. The average Bonchev–Trinajstić information content (AvgIpc) is 2.96. The Labute approximate surface area is 176 Å². The molecule has 0 N–H and O–H groups in total. The third kappa shape index (κ3) is 3.98. The molecule has 3 nitrogen and oxygen atoms in total. The lowest BCUT2D eigenvalue weighted by Crippen LogP contribution is -2.07. The zero-order chi connectivity index (χ0) is 20.5. The van der Waals surface area contributed by atoms with E-state index in [1.807, 2.05) is 25.1 Å². The zero-order valence-corrected chi connectivity index (χ0v) is 17.7. The maximum Gasteiger partial charge on any atom is 0.151 e. The molecule has 0 aliphatic heterocycles. The van der Waals surface area contributed by atoms with Gasteiger partial charge in [0.15, 0.2) is 5.03 Å². The van der Waals surface area contributed by atoms with Crippen LogP contribution in [0.1, 0.15) is 22.4 Å². The maximum atomic E-state index is 13.3. The van der Waals surface area contributed by atoms with Crippen molar-refractivity contribution in [3.05, 3.63) is 94.0 Å². The van der Waals surface area contributed by atoms with Crippen LogP contribution in [0.2, 0.25) is 5.02 Å². The lowest BCUT2D eigenvalue weighted by molar-refractivity contribution is 0.626. The van der Waals surface area contributed by atoms with Crippen LogP contribution >= 0.6 is 11.6 Å². The van der Waals surface area contributed by atoms with E-state index in [1.54, 1.807) is 30.5 Å². The van der Waals surface area contributed by atoms with E-state index in [1.165, 1.54) is 12.1 Å². The van der Waals surface area contributed by atoms with Gasteiger partial charge in [-0.2, -0.15) is 0 Å². The Balaban J connectivity index is 1.78. The zero-order valence-electron chi connectivity index (χ0n) is 16.2. The summed E-state index contributed by atoms with van der Waals surface area (Å²) in [5, 5.41) is 2.26. The average molecular weight is 427 g/mol. The van der Waals surface area contributed by atoms with E-state index in [9.17, 15) is 8.60 Å². The van der Waals surface area contributed by atoms with Crippen LogP contribution in [-0.4, -0.2) is 13.8 Å². The first-order chi connectivity index (χ1) is 13.9. The topological polar surface area (TPSA) is 34.9 Å². The molecule has 0 aliphatic carbocycles. The molecule has 2 aromatic heterocycles. The van der Waals surface area contributed by atoms with Crippen molar-refractivity contribution in [3.8, 4) is 0 Å². The second-order valence-electron chi connectivity index (χ2n) is 7.05. The van der Waals surface area contributed by atoms with Crippen LogP contribution < -0.4 is 0 Å². The molecular weight excluding hydrogens is 407 g/mol.